The van der Waals surface area contributed by atoms with Crippen LogP contribution in [0.2, 0.25) is 0 Å². The minimum atomic E-state index is -0.725. The molecule has 0 aromatic heterocycles. The predicted molar refractivity (Wildman–Crippen MR) is 210 cm³/mol. The van der Waals surface area contributed by atoms with Gasteiger partial charge in [0.05, 0.1) is 55.2 Å². The maximum atomic E-state index is 14.3. The number of benzene rings is 1. The van der Waals surface area contributed by atoms with E-state index in [-0.39, 0.29) is 66.4 Å². The molecule has 0 bridgehead atoms. The molecule has 2 aliphatic heterocycles. The van der Waals surface area contributed by atoms with E-state index in [1.807, 2.05) is 62.7 Å². The zero-order chi connectivity index (χ0) is 40.3. The summed E-state index contributed by atoms with van der Waals surface area (Å²) in [7, 11) is 8.54. The van der Waals surface area contributed by atoms with Crippen LogP contribution in [0.1, 0.15) is 85.1 Å². The van der Waals surface area contributed by atoms with E-state index in [1.54, 1.807) is 44.2 Å². The lowest BCUT2D eigenvalue weighted by Crippen LogP contribution is -2.59. The Morgan fingerprint density at radius 1 is 1.02 bits per heavy atom. The second kappa shape index (κ2) is 20.8. The molecule has 54 heavy (non-hydrogen) atoms. The summed E-state index contributed by atoms with van der Waals surface area (Å²) in [5, 5.41) is 12.7. The molecule has 9 atom stereocenters. The van der Waals surface area contributed by atoms with Gasteiger partial charge in [0.1, 0.15) is 6.04 Å². The van der Waals surface area contributed by atoms with Crippen molar-refractivity contribution in [1.29, 1.82) is 5.26 Å². The van der Waals surface area contributed by atoms with Gasteiger partial charge in [-0.15, -0.1) is 0 Å². The van der Waals surface area contributed by atoms with Crippen molar-refractivity contribution >= 4 is 29.3 Å². The Hall–Kier alpha value is -3.73. The third-order valence-electron chi connectivity index (χ3n) is 11.9. The Morgan fingerprint density at radius 2 is 1.70 bits per heavy atom. The number of hydrogen-bond donors (Lipinski definition) is 2. The zero-order valence-corrected chi connectivity index (χ0v) is 34.4. The molecule has 0 radical (unpaired) electrons. The van der Waals surface area contributed by atoms with E-state index < -0.39 is 30.2 Å². The van der Waals surface area contributed by atoms with Crippen LogP contribution in [0.3, 0.4) is 0 Å². The van der Waals surface area contributed by atoms with Gasteiger partial charge in [0.25, 0.3) is 0 Å². The van der Waals surface area contributed by atoms with Crippen molar-refractivity contribution in [3.05, 3.63) is 29.8 Å². The number of amides is 4. The number of likely N-dealkylation sites (tertiary alicyclic amines) is 2. The lowest BCUT2D eigenvalue weighted by molar-refractivity contribution is -0.149. The Kier molecular flexibility index (Phi) is 17.2. The van der Waals surface area contributed by atoms with Gasteiger partial charge < -0.3 is 35.2 Å². The van der Waals surface area contributed by atoms with Crippen LogP contribution in [0.15, 0.2) is 24.3 Å². The largest absolute Gasteiger partial charge is 0.399 e. The van der Waals surface area contributed by atoms with Crippen LogP contribution in [0, 0.1) is 29.1 Å². The van der Waals surface area contributed by atoms with E-state index in [9.17, 15) is 24.4 Å². The highest BCUT2D eigenvalue weighted by Crippen LogP contribution is 2.31. The van der Waals surface area contributed by atoms with Gasteiger partial charge in [0, 0.05) is 46.6 Å². The van der Waals surface area contributed by atoms with Crippen molar-refractivity contribution in [2.24, 2.45) is 17.8 Å². The number of nitriles is 1. The molecule has 0 spiro atoms. The number of ether oxygens (including phenoxy) is 2. The number of hydrogen-bond acceptors (Lipinski definition) is 9. The summed E-state index contributed by atoms with van der Waals surface area (Å²) in [6.45, 7) is 11.1. The van der Waals surface area contributed by atoms with Gasteiger partial charge in [-0.25, -0.2) is 0 Å². The second-order valence-corrected chi connectivity index (χ2v) is 15.9. The van der Waals surface area contributed by atoms with Crippen LogP contribution in [-0.4, -0.2) is 134 Å². The van der Waals surface area contributed by atoms with Crippen LogP contribution in [0.5, 0.6) is 0 Å². The smallest absolute Gasteiger partial charge is 0.245 e. The molecule has 1 aromatic rings. The molecule has 302 valence electrons. The van der Waals surface area contributed by atoms with Crippen molar-refractivity contribution < 1.29 is 28.7 Å². The number of nitrogens with one attached hydrogen (secondary N) is 1. The molecule has 13 nitrogen and oxygen atoms in total. The highest BCUT2D eigenvalue weighted by atomic mass is 16.5. The molecular weight excluding hydrogens is 686 g/mol. The molecule has 3 rings (SSSR count). The number of nitrogen functional groups attached to an aromatic ring is 1. The average molecular weight is 754 g/mol. The maximum absolute atomic E-state index is 14.3. The summed E-state index contributed by atoms with van der Waals surface area (Å²) in [5.74, 6) is -1.39. The van der Waals surface area contributed by atoms with Crippen molar-refractivity contribution in [3.8, 4) is 6.07 Å². The van der Waals surface area contributed by atoms with Crippen LogP contribution in [0.4, 0.5) is 5.69 Å². The Morgan fingerprint density at radius 3 is 2.26 bits per heavy atom. The molecule has 3 N–H and O–H groups in total. The molecule has 4 amide bonds. The van der Waals surface area contributed by atoms with Crippen LogP contribution in [-0.2, 0) is 35.1 Å². The van der Waals surface area contributed by atoms with Gasteiger partial charge in [-0.05, 0) is 75.2 Å². The minimum absolute atomic E-state index is 0.0101. The first-order chi connectivity index (χ1) is 25.6. The number of carbonyl (C=O) groups is 4. The van der Waals surface area contributed by atoms with E-state index in [0.29, 0.717) is 25.1 Å². The number of methoxy groups -OCH3 is 2. The number of carbonyl (C=O) groups excluding carboxylic acids is 4. The highest BCUT2D eigenvalue weighted by Gasteiger charge is 2.44. The summed E-state index contributed by atoms with van der Waals surface area (Å²) < 4.78 is 12.0. The zero-order valence-electron chi connectivity index (χ0n) is 34.4. The van der Waals surface area contributed by atoms with E-state index >= 15 is 0 Å². The fourth-order valence-electron chi connectivity index (χ4n) is 8.47. The van der Waals surface area contributed by atoms with Crippen molar-refractivity contribution in [2.75, 3.05) is 54.2 Å². The lowest BCUT2D eigenvalue weighted by Gasteiger charge is -2.41. The second-order valence-electron chi connectivity index (χ2n) is 15.9. The van der Waals surface area contributed by atoms with E-state index in [4.69, 9.17) is 15.2 Å². The Balaban J connectivity index is 1.78. The average Bonchev–Trinajstić information content (AvgIpc) is 3.81. The summed E-state index contributed by atoms with van der Waals surface area (Å²) in [6.07, 6.45) is 3.37. The van der Waals surface area contributed by atoms with Crippen molar-refractivity contribution in [3.63, 3.8) is 0 Å². The Bertz CT molecular complexity index is 1450. The first kappa shape index (κ1) is 44.7. The molecule has 2 fully saturated rings. The number of anilines is 1. The number of nitrogens with two attached hydrogens (primary N) is 1. The van der Waals surface area contributed by atoms with E-state index in [1.165, 1.54) is 0 Å². The highest BCUT2D eigenvalue weighted by molar-refractivity contribution is 5.90. The molecule has 1 aromatic carbocycles. The summed E-state index contributed by atoms with van der Waals surface area (Å²) in [5.41, 5.74) is 7.55. The first-order valence-electron chi connectivity index (χ1n) is 19.7. The summed E-state index contributed by atoms with van der Waals surface area (Å²) in [6, 6.07) is 7.56. The van der Waals surface area contributed by atoms with Gasteiger partial charge >= 0.3 is 0 Å². The van der Waals surface area contributed by atoms with Gasteiger partial charge in [-0.2, -0.15) is 5.26 Å². The molecule has 2 saturated heterocycles. The lowest BCUT2D eigenvalue weighted by atomic mass is 9.89. The SMILES string of the molecule is CC[C@H](C)[C@@H]([C@@H](CC(=O)N1CCC[C@H]1[C@H](OC)[C@@H](C)C(=O)N(C)[C@H](CC#N)Cc1cccc(N)c1)OC)N(C)C(=O)[C@@H](NC(=O)C1CCCN1C)C(C)C. The quantitative estimate of drug-likeness (QED) is 0.201. The topological polar surface area (TPSA) is 162 Å². The number of nitrogens with zero attached hydrogens (tertiary/aromatic N) is 5. The van der Waals surface area contributed by atoms with E-state index in [2.05, 4.69) is 18.3 Å². The molecule has 2 aliphatic rings. The molecule has 13 heteroatoms. The van der Waals surface area contributed by atoms with Crippen LogP contribution >= 0.6 is 0 Å². The monoisotopic (exact) mass is 754 g/mol. The normalized spacial score (nSPS) is 21.4. The number of rotatable bonds is 19. The first-order valence-corrected chi connectivity index (χ1v) is 19.7. The van der Waals surface area contributed by atoms with Crippen molar-refractivity contribution in [1.82, 2.24) is 24.9 Å². The summed E-state index contributed by atoms with van der Waals surface area (Å²) in [4.78, 5) is 62.9. The van der Waals surface area contributed by atoms with Crippen molar-refractivity contribution in [2.45, 2.75) is 128 Å². The molecule has 2 heterocycles. The van der Waals surface area contributed by atoms with Gasteiger partial charge in [0.2, 0.25) is 23.6 Å². The third kappa shape index (κ3) is 10.9. The standard InChI is InChI=1S/C41H67N7O6/c1-11-27(4)37(47(8)41(52)36(26(2)3)44-39(50)33-18-13-21-45(33)6)34(53-9)25-35(49)48-22-14-17-32(48)38(54-10)28(5)40(51)46(7)31(19-20-42)24-29-15-12-16-30(43)23-29/h12,15-16,23,26-28,31-34,36-38H,11,13-14,17-19,21-22,24-25,43H2,1-10H3,(H,44,50)/t27-,28+,31+,32-,33?,34+,36-,37-,38+/m0/s1. The van der Waals surface area contributed by atoms with Crippen LogP contribution in [0.25, 0.3) is 0 Å². The molecule has 1 unspecified atom stereocenters. The molecule has 0 aliphatic carbocycles. The fraction of sp³-hybridized carbons (Fsp3) is 0.732. The van der Waals surface area contributed by atoms with E-state index in [0.717, 1.165) is 37.8 Å². The van der Waals surface area contributed by atoms with Gasteiger partial charge in [0.15, 0.2) is 0 Å². The predicted octanol–water partition coefficient (Wildman–Crippen LogP) is 3.71. The maximum Gasteiger partial charge on any atom is 0.245 e. The Labute approximate surface area is 323 Å². The molecule has 0 saturated carbocycles. The summed E-state index contributed by atoms with van der Waals surface area (Å²) >= 11 is 0. The van der Waals surface area contributed by atoms with Gasteiger partial charge in [-0.1, -0.05) is 53.2 Å². The van der Waals surface area contributed by atoms with Crippen LogP contribution < -0.4 is 11.1 Å². The fourth-order valence-corrected chi connectivity index (χ4v) is 8.47. The number of likely N-dealkylation sites (N-methyl/N-ethyl adjacent to an activating group) is 3. The third-order valence-corrected chi connectivity index (χ3v) is 11.9. The van der Waals surface area contributed by atoms with Gasteiger partial charge in [-0.3, -0.25) is 24.1 Å². The minimum Gasteiger partial charge on any atom is -0.399 e. The molecular formula is C41H67N7O6.